The number of para-hydroxylation sites is 1. The van der Waals surface area contributed by atoms with Gasteiger partial charge in [-0.15, -0.1) is 0 Å². The summed E-state index contributed by atoms with van der Waals surface area (Å²) in [6.07, 6.45) is -2.11. The molecule has 42 heavy (non-hydrogen) atoms. The minimum Gasteiger partial charge on any atom is -0.481 e. The molecule has 0 radical (unpaired) electrons. The number of carboxylic acids is 1. The number of hydrogen-bond acceptors (Lipinski definition) is 7. The van der Waals surface area contributed by atoms with Gasteiger partial charge in [0.25, 0.3) is 5.91 Å². The van der Waals surface area contributed by atoms with E-state index in [-0.39, 0.29) is 23.7 Å². The fraction of sp³-hybridized carbons (Fsp3) is 0.429. The molecule has 1 fully saturated rings. The van der Waals surface area contributed by atoms with Crippen molar-refractivity contribution >= 4 is 34.5 Å². The first-order valence-corrected chi connectivity index (χ1v) is 13.2. The minimum atomic E-state index is -5.08. The van der Waals surface area contributed by atoms with Gasteiger partial charge in [-0.3, -0.25) is 4.79 Å². The van der Waals surface area contributed by atoms with E-state index in [4.69, 9.17) is 19.6 Å². The number of benzene rings is 2. The summed E-state index contributed by atoms with van der Waals surface area (Å²) in [5, 5.41) is 14.6. The number of amides is 1. The van der Waals surface area contributed by atoms with Gasteiger partial charge >= 0.3 is 12.1 Å². The third-order valence-electron chi connectivity index (χ3n) is 6.49. The third kappa shape index (κ3) is 8.88. The summed E-state index contributed by atoms with van der Waals surface area (Å²) in [4.78, 5) is 33.0. The molecule has 2 aromatic carbocycles. The van der Waals surface area contributed by atoms with E-state index in [9.17, 15) is 26.7 Å². The summed E-state index contributed by atoms with van der Waals surface area (Å²) in [5.74, 6) is -3.36. The molecule has 0 spiro atoms. The zero-order valence-electron chi connectivity index (χ0n) is 23.2. The van der Waals surface area contributed by atoms with Crippen molar-refractivity contribution in [1.82, 2.24) is 15.3 Å². The molecule has 4 rings (SSSR count). The van der Waals surface area contributed by atoms with Crippen LogP contribution in [0, 0.1) is 11.6 Å². The Morgan fingerprint density at radius 3 is 2.21 bits per heavy atom. The van der Waals surface area contributed by atoms with Crippen LogP contribution in [0.1, 0.15) is 39.0 Å². The predicted octanol–water partition coefficient (Wildman–Crippen LogP) is 5.30. The number of aromatic nitrogens is 2. The second-order valence-corrected chi connectivity index (χ2v) is 9.88. The van der Waals surface area contributed by atoms with Gasteiger partial charge in [0.1, 0.15) is 11.6 Å². The highest BCUT2D eigenvalue weighted by atomic mass is 19.4. The van der Waals surface area contributed by atoms with Crippen molar-refractivity contribution in [3.63, 3.8) is 0 Å². The van der Waals surface area contributed by atoms with Crippen LogP contribution in [-0.4, -0.2) is 65.4 Å². The van der Waals surface area contributed by atoms with Gasteiger partial charge in [-0.05, 0) is 56.4 Å². The maximum atomic E-state index is 13.5. The number of anilines is 2. The van der Waals surface area contributed by atoms with E-state index in [2.05, 4.69) is 15.6 Å². The van der Waals surface area contributed by atoms with E-state index in [0.717, 1.165) is 54.5 Å². The van der Waals surface area contributed by atoms with Crippen LogP contribution in [-0.2, 0) is 9.59 Å². The van der Waals surface area contributed by atoms with E-state index in [1.165, 1.54) is 6.07 Å². The fourth-order valence-electron chi connectivity index (χ4n) is 4.36. The molecule has 0 saturated heterocycles. The first kappa shape index (κ1) is 32.3. The summed E-state index contributed by atoms with van der Waals surface area (Å²) in [6, 6.07) is 11.4. The molecule has 1 unspecified atom stereocenters. The lowest BCUT2D eigenvalue weighted by Gasteiger charge is -2.31. The zero-order valence-corrected chi connectivity index (χ0v) is 23.2. The number of ether oxygens (including phenoxy) is 1. The topological polar surface area (TPSA) is 117 Å². The highest BCUT2D eigenvalue weighted by molar-refractivity contribution is 5.90. The van der Waals surface area contributed by atoms with Crippen molar-refractivity contribution in [2.24, 2.45) is 0 Å². The number of alkyl halides is 3. The molecule has 1 heterocycles. The zero-order chi connectivity index (χ0) is 31.0. The van der Waals surface area contributed by atoms with Gasteiger partial charge in [-0.25, -0.2) is 18.6 Å². The summed E-state index contributed by atoms with van der Waals surface area (Å²) in [7, 11) is 3.93. The second-order valence-electron chi connectivity index (χ2n) is 9.88. The number of rotatable bonds is 8. The Kier molecular flexibility index (Phi) is 10.8. The van der Waals surface area contributed by atoms with Crippen molar-refractivity contribution in [3.05, 3.63) is 54.1 Å². The Bertz CT molecular complexity index is 1380. The van der Waals surface area contributed by atoms with Crippen molar-refractivity contribution in [2.75, 3.05) is 24.3 Å². The lowest BCUT2D eigenvalue weighted by Crippen LogP contribution is -2.46. The number of nitrogens with zero attached hydrogens (tertiary/aromatic N) is 3. The van der Waals surface area contributed by atoms with Crippen LogP contribution in [0.4, 0.5) is 33.7 Å². The molecular formula is C28H32F5N5O4. The van der Waals surface area contributed by atoms with Gasteiger partial charge in [0, 0.05) is 37.6 Å². The third-order valence-corrected chi connectivity index (χ3v) is 6.49. The van der Waals surface area contributed by atoms with E-state index < -0.39 is 29.9 Å². The van der Waals surface area contributed by atoms with Crippen molar-refractivity contribution in [2.45, 2.75) is 63.4 Å². The maximum absolute atomic E-state index is 13.5. The molecule has 1 atom stereocenters. The average molecular weight is 598 g/mol. The van der Waals surface area contributed by atoms with E-state index >= 15 is 0 Å². The number of halogens is 5. The number of carbonyl (C=O) groups excluding carboxylic acids is 1. The quantitative estimate of drug-likeness (QED) is 0.300. The van der Waals surface area contributed by atoms with Gasteiger partial charge < -0.3 is 25.4 Å². The lowest BCUT2D eigenvalue weighted by atomic mass is 9.91. The van der Waals surface area contributed by atoms with Gasteiger partial charge in [-0.2, -0.15) is 18.2 Å². The molecule has 1 aromatic heterocycles. The summed E-state index contributed by atoms with van der Waals surface area (Å²) in [5.41, 5.74) is 0.890. The number of aliphatic carboxylic acids is 1. The summed E-state index contributed by atoms with van der Waals surface area (Å²) in [6.45, 7) is 1.82. The number of carbonyl (C=O) groups is 2. The molecule has 14 heteroatoms. The Labute approximate surface area is 239 Å². The molecule has 1 saturated carbocycles. The number of hydrogen-bond donors (Lipinski definition) is 3. The molecular weight excluding hydrogens is 565 g/mol. The molecule has 1 aliphatic rings. The Balaban J connectivity index is 0.000000616. The van der Waals surface area contributed by atoms with E-state index in [1.807, 2.05) is 50.2 Å². The SMILES string of the molecule is CCC(Oc1ccc(F)c(F)c1)C(=O)NC1CCC(Nc2nc(N(C)C)c3ccccc3n2)CC1.O=C(O)C(F)(F)F. The predicted molar refractivity (Wildman–Crippen MR) is 146 cm³/mol. The van der Waals surface area contributed by atoms with Crippen LogP contribution < -0.4 is 20.3 Å². The maximum Gasteiger partial charge on any atom is 0.490 e. The van der Waals surface area contributed by atoms with Crippen LogP contribution >= 0.6 is 0 Å². The average Bonchev–Trinajstić information content (AvgIpc) is 2.94. The van der Waals surface area contributed by atoms with Gasteiger partial charge in [0.15, 0.2) is 17.7 Å². The molecule has 0 bridgehead atoms. The number of fused-ring (bicyclic) bond motifs is 1. The van der Waals surface area contributed by atoms with E-state index in [1.54, 1.807) is 0 Å². The smallest absolute Gasteiger partial charge is 0.481 e. The fourth-order valence-corrected chi connectivity index (χ4v) is 4.36. The first-order valence-electron chi connectivity index (χ1n) is 13.2. The van der Waals surface area contributed by atoms with E-state index in [0.29, 0.717) is 12.4 Å². The summed E-state index contributed by atoms with van der Waals surface area (Å²) >= 11 is 0. The molecule has 3 N–H and O–H groups in total. The van der Waals surface area contributed by atoms with Gasteiger partial charge in [0.05, 0.1) is 5.52 Å². The van der Waals surface area contributed by atoms with Crippen molar-refractivity contribution < 1.29 is 41.4 Å². The van der Waals surface area contributed by atoms with Gasteiger partial charge in [-0.1, -0.05) is 19.1 Å². The Morgan fingerprint density at radius 1 is 1.02 bits per heavy atom. The minimum absolute atomic E-state index is 0.0259. The monoisotopic (exact) mass is 597 g/mol. The normalized spacial score (nSPS) is 17.4. The summed E-state index contributed by atoms with van der Waals surface area (Å²) < 4.78 is 64.0. The Hall–Kier alpha value is -4.23. The number of nitrogens with one attached hydrogen (secondary N) is 2. The van der Waals surface area contributed by atoms with Crippen LogP contribution in [0.25, 0.3) is 10.9 Å². The lowest BCUT2D eigenvalue weighted by molar-refractivity contribution is -0.192. The molecule has 3 aromatic rings. The van der Waals surface area contributed by atoms with Crippen LogP contribution in [0.15, 0.2) is 42.5 Å². The van der Waals surface area contributed by atoms with Gasteiger partial charge in [0.2, 0.25) is 5.95 Å². The first-order chi connectivity index (χ1) is 19.8. The number of carboxylic acid groups (broad SMARTS) is 1. The highest BCUT2D eigenvalue weighted by Crippen LogP contribution is 2.27. The molecule has 228 valence electrons. The highest BCUT2D eigenvalue weighted by Gasteiger charge is 2.38. The van der Waals surface area contributed by atoms with Crippen LogP contribution in [0.5, 0.6) is 5.75 Å². The standard InChI is InChI=1S/C26H31F2N5O2.C2HF3O2/c1-4-23(35-18-13-14-20(27)21(28)15-18)25(34)29-16-9-11-17(12-10-16)30-26-31-22-8-6-5-7-19(22)24(32-26)33(2)3;3-2(4,5)1(6)7/h5-8,13-17,23H,4,9-12H2,1-3H3,(H,29,34)(H,30,31,32);(H,6,7). The second kappa shape index (κ2) is 14.1. The molecule has 1 amide bonds. The largest absolute Gasteiger partial charge is 0.490 e. The van der Waals surface area contributed by atoms with Crippen molar-refractivity contribution in [3.8, 4) is 5.75 Å². The Morgan fingerprint density at radius 2 is 1.64 bits per heavy atom. The van der Waals surface area contributed by atoms with Crippen LogP contribution in [0.2, 0.25) is 0 Å². The molecule has 1 aliphatic carbocycles. The van der Waals surface area contributed by atoms with Crippen LogP contribution in [0.3, 0.4) is 0 Å². The van der Waals surface area contributed by atoms with Crippen molar-refractivity contribution in [1.29, 1.82) is 0 Å². The molecule has 9 nitrogen and oxygen atoms in total. The molecule has 0 aliphatic heterocycles.